The van der Waals surface area contributed by atoms with Crippen molar-refractivity contribution in [1.29, 1.82) is 0 Å². The van der Waals surface area contributed by atoms with Crippen molar-refractivity contribution in [3.63, 3.8) is 0 Å². The fourth-order valence-corrected chi connectivity index (χ4v) is 2.78. The maximum Gasteiger partial charge on any atom is 0.220 e. The lowest BCUT2D eigenvalue weighted by Gasteiger charge is -2.11. The Morgan fingerprint density at radius 1 is 1.56 bits per heavy atom. The maximum atomic E-state index is 11.6. The number of amides is 1. The first-order valence-electron chi connectivity index (χ1n) is 5.94. The lowest BCUT2D eigenvalue weighted by atomic mass is 10.2. The molecule has 1 aromatic heterocycles. The standard InChI is InChI=1S/C12H18N2OS/c1-9-13-11(8-16-9)6-7-12(15)14-10-4-2-3-5-10/h8,10H,2-7H2,1H3,(H,14,15). The van der Waals surface area contributed by atoms with E-state index in [9.17, 15) is 4.79 Å². The molecule has 1 saturated carbocycles. The highest BCUT2D eigenvalue weighted by Crippen LogP contribution is 2.17. The van der Waals surface area contributed by atoms with Gasteiger partial charge in [-0.25, -0.2) is 4.98 Å². The monoisotopic (exact) mass is 238 g/mol. The second-order valence-corrected chi connectivity index (χ2v) is 5.47. The molecule has 16 heavy (non-hydrogen) atoms. The molecule has 88 valence electrons. The van der Waals surface area contributed by atoms with Crippen molar-refractivity contribution >= 4 is 17.2 Å². The molecule has 1 amide bonds. The number of hydrogen-bond donors (Lipinski definition) is 1. The molecule has 0 spiro atoms. The van der Waals surface area contributed by atoms with Gasteiger partial charge in [-0.3, -0.25) is 4.79 Å². The SMILES string of the molecule is Cc1nc(CCC(=O)NC2CCCC2)cs1. The van der Waals surface area contributed by atoms with Crippen LogP contribution in [-0.4, -0.2) is 16.9 Å². The summed E-state index contributed by atoms with van der Waals surface area (Å²) in [5.74, 6) is 0.178. The summed E-state index contributed by atoms with van der Waals surface area (Å²) in [6, 6.07) is 0.435. The van der Waals surface area contributed by atoms with Crippen LogP contribution in [0, 0.1) is 6.92 Å². The molecular weight excluding hydrogens is 220 g/mol. The van der Waals surface area contributed by atoms with Crippen molar-refractivity contribution in [2.45, 2.75) is 51.5 Å². The van der Waals surface area contributed by atoms with Gasteiger partial charge in [0.25, 0.3) is 0 Å². The molecule has 1 heterocycles. The molecule has 0 bridgehead atoms. The Morgan fingerprint density at radius 3 is 2.94 bits per heavy atom. The van der Waals surface area contributed by atoms with Gasteiger partial charge in [0.15, 0.2) is 0 Å². The van der Waals surface area contributed by atoms with Gasteiger partial charge in [0.1, 0.15) is 0 Å². The summed E-state index contributed by atoms with van der Waals surface area (Å²) >= 11 is 1.65. The molecule has 3 nitrogen and oxygen atoms in total. The van der Waals surface area contributed by atoms with Crippen molar-refractivity contribution in [2.24, 2.45) is 0 Å². The first-order valence-corrected chi connectivity index (χ1v) is 6.82. The van der Waals surface area contributed by atoms with Crippen molar-refractivity contribution in [1.82, 2.24) is 10.3 Å². The molecule has 1 aliphatic rings. The van der Waals surface area contributed by atoms with Crippen LogP contribution in [0.4, 0.5) is 0 Å². The number of nitrogens with one attached hydrogen (secondary N) is 1. The van der Waals surface area contributed by atoms with E-state index in [0.29, 0.717) is 12.5 Å². The van der Waals surface area contributed by atoms with Crippen molar-refractivity contribution in [2.75, 3.05) is 0 Å². The van der Waals surface area contributed by atoms with Crippen LogP contribution in [0.15, 0.2) is 5.38 Å². The van der Waals surface area contributed by atoms with Crippen LogP contribution in [0.3, 0.4) is 0 Å². The third-order valence-corrected chi connectivity index (χ3v) is 3.82. The van der Waals surface area contributed by atoms with Crippen LogP contribution in [0.5, 0.6) is 0 Å². The molecule has 1 fully saturated rings. The molecule has 0 aliphatic heterocycles. The van der Waals surface area contributed by atoms with E-state index in [4.69, 9.17) is 0 Å². The van der Waals surface area contributed by atoms with Gasteiger partial charge in [-0.05, 0) is 26.2 Å². The minimum atomic E-state index is 0.178. The molecule has 2 rings (SSSR count). The van der Waals surface area contributed by atoms with Gasteiger partial charge >= 0.3 is 0 Å². The van der Waals surface area contributed by atoms with Gasteiger partial charge in [0.05, 0.1) is 10.7 Å². The molecule has 4 heteroatoms. The fourth-order valence-electron chi connectivity index (χ4n) is 2.13. The summed E-state index contributed by atoms with van der Waals surface area (Å²) in [5.41, 5.74) is 1.05. The van der Waals surface area contributed by atoms with Crippen LogP contribution in [0.2, 0.25) is 0 Å². The average Bonchev–Trinajstić information content (AvgIpc) is 2.87. The molecular formula is C12H18N2OS. The predicted molar refractivity (Wildman–Crippen MR) is 65.6 cm³/mol. The largest absolute Gasteiger partial charge is 0.353 e. The van der Waals surface area contributed by atoms with E-state index in [-0.39, 0.29) is 5.91 Å². The Balaban J connectivity index is 1.71. The van der Waals surface area contributed by atoms with E-state index >= 15 is 0 Å². The molecule has 1 N–H and O–H groups in total. The summed E-state index contributed by atoms with van der Waals surface area (Å²) in [5, 5.41) is 6.21. The molecule has 1 aliphatic carbocycles. The normalized spacial score (nSPS) is 16.6. The molecule has 0 saturated heterocycles. The Kier molecular flexibility index (Phi) is 3.93. The minimum Gasteiger partial charge on any atom is -0.353 e. The number of nitrogens with zero attached hydrogens (tertiary/aromatic N) is 1. The summed E-state index contributed by atoms with van der Waals surface area (Å²) in [6.45, 7) is 1.99. The van der Waals surface area contributed by atoms with Crippen LogP contribution in [0.1, 0.15) is 42.8 Å². The van der Waals surface area contributed by atoms with E-state index in [1.807, 2.05) is 12.3 Å². The van der Waals surface area contributed by atoms with Crippen molar-refractivity contribution in [3.8, 4) is 0 Å². The van der Waals surface area contributed by atoms with Gasteiger partial charge in [0.2, 0.25) is 5.91 Å². The summed E-state index contributed by atoms with van der Waals surface area (Å²) in [7, 11) is 0. The number of carbonyl (C=O) groups is 1. The smallest absolute Gasteiger partial charge is 0.220 e. The molecule has 1 aromatic rings. The van der Waals surface area contributed by atoms with Crippen molar-refractivity contribution in [3.05, 3.63) is 16.1 Å². The third kappa shape index (κ3) is 3.30. The van der Waals surface area contributed by atoms with Crippen LogP contribution in [-0.2, 0) is 11.2 Å². The van der Waals surface area contributed by atoms with E-state index in [1.165, 1.54) is 12.8 Å². The lowest BCUT2D eigenvalue weighted by molar-refractivity contribution is -0.121. The number of carbonyl (C=O) groups excluding carboxylic acids is 1. The zero-order valence-corrected chi connectivity index (χ0v) is 10.5. The Morgan fingerprint density at radius 2 is 2.31 bits per heavy atom. The topological polar surface area (TPSA) is 42.0 Å². The van der Waals surface area contributed by atoms with E-state index < -0.39 is 0 Å². The lowest BCUT2D eigenvalue weighted by Crippen LogP contribution is -2.32. The van der Waals surface area contributed by atoms with Gasteiger partial charge in [-0.15, -0.1) is 11.3 Å². The zero-order valence-electron chi connectivity index (χ0n) is 9.66. The highest BCUT2D eigenvalue weighted by Gasteiger charge is 2.16. The molecule has 0 radical (unpaired) electrons. The molecule has 0 unspecified atom stereocenters. The van der Waals surface area contributed by atoms with Gasteiger partial charge < -0.3 is 5.32 Å². The number of thiazole rings is 1. The van der Waals surface area contributed by atoms with E-state index in [1.54, 1.807) is 11.3 Å². The summed E-state index contributed by atoms with van der Waals surface area (Å²) in [4.78, 5) is 16.0. The number of aryl methyl sites for hydroxylation is 2. The molecule has 0 aromatic carbocycles. The van der Waals surface area contributed by atoms with E-state index in [2.05, 4.69) is 10.3 Å². The first kappa shape index (κ1) is 11.6. The fraction of sp³-hybridized carbons (Fsp3) is 0.667. The first-order chi connectivity index (χ1) is 7.74. The summed E-state index contributed by atoms with van der Waals surface area (Å²) in [6.07, 6.45) is 6.16. The van der Waals surface area contributed by atoms with Gasteiger partial charge in [0, 0.05) is 17.8 Å². The Bertz CT molecular complexity index is 356. The van der Waals surface area contributed by atoms with Crippen LogP contribution in [0.25, 0.3) is 0 Å². The summed E-state index contributed by atoms with van der Waals surface area (Å²) < 4.78 is 0. The highest BCUT2D eigenvalue weighted by atomic mass is 32.1. The Labute approximate surface area is 100 Å². The second kappa shape index (κ2) is 5.43. The van der Waals surface area contributed by atoms with E-state index in [0.717, 1.165) is 30.0 Å². The van der Waals surface area contributed by atoms with Crippen LogP contribution < -0.4 is 5.32 Å². The van der Waals surface area contributed by atoms with Gasteiger partial charge in [-0.1, -0.05) is 12.8 Å². The number of aromatic nitrogens is 1. The zero-order chi connectivity index (χ0) is 11.4. The quantitative estimate of drug-likeness (QED) is 0.875. The maximum absolute atomic E-state index is 11.6. The Hall–Kier alpha value is -0.900. The number of rotatable bonds is 4. The number of hydrogen-bond acceptors (Lipinski definition) is 3. The molecule has 0 atom stereocenters. The average molecular weight is 238 g/mol. The minimum absolute atomic E-state index is 0.178. The second-order valence-electron chi connectivity index (χ2n) is 4.41. The highest BCUT2D eigenvalue weighted by molar-refractivity contribution is 7.09. The van der Waals surface area contributed by atoms with Gasteiger partial charge in [-0.2, -0.15) is 0 Å². The van der Waals surface area contributed by atoms with Crippen molar-refractivity contribution < 1.29 is 4.79 Å². The third-order valence-electron chi connectivity index (χ3n) is 3.00. The van der Waals surface area contributed by atoms with Crippen LogP contribution >= 0.6 is 11.3 Å². The predicted octanol–water partition coefficient (Wildman–Crippen LogP) is 2.44.